The summed E-state index contributed by atoms with van der Waals surface area (Å²) in [4.78, 5) is 0. The van der Waals surface area contributed by atoms with E-state index in [4.69, 9.17) is 5.11 Å². The van der Waals surface area contributed by atoms with Crippen LogP contribution in [0.1, 0.15) is 19.3 Å². The Morgan fingerprint density at radius 1 is 1.22 bits per heavy atom. The molecule has 0 bridgehead atoms. The second-order valence-electron chi connectivity index (χ2n) is 3.27. The maximum atomic E-state index is 8.92. The second kappa shape index (κ2) is 2.67. The molecule has 2 nitrogen and oxygen atoms in total. The molecule has 1 aliphatic heterocycles. The van der Waals surface area contributed by atoms with E-state index in [0.29, 0.717) is 6.73 Å². The van der Waals surface area contributed by atoms with Crippen LogP contribution in [0.5, 0.6) is 0 Å². The molecular weight excluding hydrogens is 114 g/mol. The Morgan fingerprint density at radius 2 is 1.78 bits per heavy atom. The Kier molecular flexibility index (Phi) is 2.09. The van der Waals surface area contributed by atoms with Crippen LogP contribution in [0.25, 0.3) is 0 Å². The van der Waals surface area contributed by atoms with Gasteiger partial charge in [0.2, 0.25) is 0 Å². The van der Waals surface area contributed by atoms with E-state index in [1.54, 1.807) is 0 Å². The molecule has 0 aliphatic carbocycles. The molecular formula is C7H16NO+. The minimum Gasteiger partial charge on any atom is -0.347 e. The minimum absolute atomic E-state index is 0.319. The Labute approximate surface area is 56.7 Å². The summed E-state index contributed by atoms with van der Waals surface area (Å²) in [5.41, 5.74) is 0. The summed E-state index contributed by atoms with van der Waals surface area (Å²) >= 11 is 0. The molecule has 0 amide bonds. The zero-order valence-electron chi connectivity index (χ0n) is 6.14. The predicted octanol–water partition coefficient (Wildman–Crippen LogP) is 0.567. The number of nitrogens with zero attached hydrogens (tertiary/aromatic N) is 1. The molecule has 0 atom stereocenters. The molecule has 1 saturated heterocycles. The van der Waals surface area contributed by atoms with Crippen LogP contribution in [0.4, 0.5) is 0 Å². The molecule has 0 aromatic rings. The van der Waals surface area contributed by atoms with Crippen LogP contribution in [-0.4, -0.2) is 36.5 Å². The third-order valence-electron chi connectivity index (χ3n) is 2.24. The van der Waals surface area contributed by atoms with Crippen molar-refractivity contribution in [3.8, 4) is 0 Å². The fourth-order valence-corrected chi connectivity index (χ4v) is 1.42. The van der Waals surface area contributed by atoms with E-state index in [9.17, 15) is 0 Å². The van der Waals surface area contributed by atoms with Crippen LogP contribution in [0.15, 0.2) is 0 Å². The molecule has 0 saturated carbocycles. The van der Waals surface area contributed by atoms with E-state index in [-0.39, 0.29) is 0 Å². The van der Waals surface area contributed by atoms with Crippen molar-refractivity contribution in [3.63, 3.8) is 0 Å². The van der Waals surface area contributed by atoms with Crippen molar-refractivity contribution in [2.45, 2.75) is 19.3 Å². The molecule has 54 valence electrons. The van der Waals surface area contributed by atoms with E-state index in [0.717, 1.165) is 17.6 Å². The van der Waals surface area contributed by atoms with Crippen molar-refractivity contribution >= 4 is 0 Å². The zero-order valence-corrected chi connectivity index (χ0v) is 6.14. The summed E-state index contributed by atoms with van der Waals surface area (Å²) in [6.07, 6.45) is 3.93. The first-order chi connectivity index (χ1) is 4.27. The number of hydrogen-bond acceptors (Lipinski definition) is 1. The Morgan fingerprint density at radius 3 is 2.11 bits per heavy atom. The van der Waals surface area contributed by atoms with Crippen LogP contribution in [-0.2, 0) is 0 Å². The third kappa shape index (κ3) is 1.66. The molecule has 1 N–H and O–H groups in total. The molecule has 1 aliphatic rings. The van der Waals surface area contributed by atoms with Crippen LogP contribution in [0, 0.1) is 0 Å². The van der Waals surface area contributed by atoms with Crippen molar-refractivity contribution in [1.29, 1.82) is 0 Å². The number of piperidine rings is 1. The molecule has 0 aromatic heterocycles. The lowest BCUT2D eigenvalue weighted by molar-refractivity contribution is -0.931. The van der Waals surface area contributed by atoms with Gasteiger partial charge in [0.15, 0.2) is 6.73 Å². The first kappa shape index (κ1) is 7.03. The van der Waals surface area contributed by atoms with E-state index >= 15 is 0 Å². The number of likely N-dealkylation sites (tertiary alicyclic amines) is 1. The van der Waals surface area contributed by atoms with Crippen molar-refractivity contribution in [2.75, 3.05) is 26.9 Å². The van der Waals surface area contributed by atoms with Crippen LogP contribution >= 0.6 is 0 Å². The predicted molar refractivity (Wildman–Crippen MR) is 36.9 cm³/mol. The number of aliphatic hydroxyl groups is 1. The maximum absolute atomic E-state index is 8.92. The Bertz CT molecular complexity index is 86.9. The average molecular weight is 130 g/mol. The van der Waals surface area contributed by atoms with Crippen LogP contribution in [0.2, 0.25) is 0 Å². The highest BCUT2D eigenvalue weighted by Crippen LogP contribution is 2.14. The summed E-state index contributed by atoms with van der Waals surface area (Å²) < 4.78 is 0.875. The highest BCUT2D eigenvalue weighted by molar-refractivity contribution is 4.48. The van der Waals surface area contributed by atoms with E-state index in [2.05, 4.69) is 7.05 Å². The van der Waals surface area contributed by atoms with Crippen LogP contribution in [0.3, 0.4) is 0 Å². The maximum Gasteiger partial charge on any atom is 0.180 e. The lowest BCUT2D eigenvalue weighted by Crippen LogP contribution is -2.48. The number of hydrogen-bond donors (Lipinski definition) is 1. The summed E-state index contributed by atoms with van der Waals surface area (Å²) in [5, 5.41) is 8.92. The van der Waals surface area contributed by atoms with Crippen molar-refractivity contribution in [3.05, 3.63) is 0 Å². The average Bonchev–Trinajstić information content (AvgIpc) is 1.90. The van der Waals surface area contributed by atoms with Gasteiger partial charge in [0.05, 0.1) is 20.1 Å². The largest absolute Gasteiger partial charge is 0.347 e. The molecule has 1 heterocycles. The first-order valence-corrected chi connectivity index (χ1v) is 3.71. The summed E-state index contributed by atoms with van der Waals surface area (Å²) in [7, 11) is 2.12. The molecule has 1 rings (SSSR count). The summed E-state index contributed by atoms with van der Waals surface area (Å²) in [6.45, 7) is 2.65. The molecule has 2 heteroatoms. The molecule has 0 unspecified atom stereocenters. The SMILES string of the molecule is C[N+]1(CO)CCCCC1. The van der Waals surface area contributed by atoms with Gasteiger partial charge in [-0.1, -0.05) is 0 Å². The van der Waals surface area contributed by atoms with Gasteiger partial charge in [-0.25, -0.2) is 0 Å². The van der Waals surface area contributed by atoms with Gasteiger partial charge in [-0.3, -0.25) is 0 Å². The van der Waals surface area contributed by atoms with Crippen molar-refractivity contribution in [2.24, 2.45) is 0 Å². The summed E-state index contributed by atoms with van der Waals surface area (Å²) in [6, 6.07) is 0. The van der Waals surface area contributed by atoms with Gasteiger partial charge in [-0.05, 0) is 19.3 Å². The number of quaternary nitrogens is 1. The van der Waals surface area contributed by atoms with Crippen molar-refractivity contribution < 1.29 is 9.59 Å². The fraction of sp³-hybridized carbons (Fsp3) is 1.00. The second-order valence-corrected chi connectivity index (χ2v) is 3.27. The lowest BCUT2D eigenvalue weighted by Gasteiger charge is -2.35. The number of aliphatic hydroxyl groups excluding tert-OH is 1. The van der Waals surface area contributed by atoms with Crippen molar-refractivity contribution in [1.82, 2.24) is 0 Å². The Balaban J connectivity index is 2.37. The Hall–Kier alpha value is -0.0800. The fourth-order valence-electron chi connectivity index (χ4n) is 1.42. The molecule has 0 radical (unpaired) electrons. The normalized spacial score (nSPS) is 26.0. The smallest absolute Gasteiger partial charge is 0.180 e. The molecule has 0 spiro atoms. The van der Waals surface area contributed by atoms with Gasteiger partial charge >= 0.3 is 0 Å². The van der Waals surface area contributed by atoms with Gasteiger partial charge < -0.3 is 9.59 Å². The zero-order chi connectivity index (χ0) is 6.74. The summed E-state index contributed by atoms with van der Waals surface area (Å²) in [5.74, 6) is 0. The van der Waals surface area contributed by atoms with Gasteiger partial charge in [0.1, 0.15) is 0 Å². The standard InChI is InChI=1S/C7H16NO/c1-8(7-9)5-3-2-4-6-8/h9H,2-7H2,1H3/q+1. The van der Waals surface area contributed by atoms with E-state index in [1.165, 1.54) is 19.3 Å². The monoisotopic (exact) mass is 130 g/mol. The molecule has 1 fully saturated rings. The van der Waals surface area contributed by atoms with Gasteiger partial charge in [-0.15, -0.1) is 0 Å². The van der Waals surface area contributed by atoms with Gasteiger partial charge in [-0.2, -0.15) is 0 Å². The van der Waals surface area contributed by atoms with Gasteiger partial charge in [0, 0.05) is 0 Å². The quantitative estimate of drug-likeness (QED) is 0.514. The first-order valence-electron chi connectivity index (χ1n) is 3.71. The van der Waals surface area contributed by atoms with Gasteiger partial charge in [0.25, 0.3) is 0 Å². The highest BCUT2D eigenvalue weighted by atomic mass is 16.3. The van der Waals surface area contributed by atoms with E-state index in [1.807, 2.05) is 0 Å². The van der Waals surface area contributed by atoms with Crippen LogP contribution < -0.4 is 0 Å². The minimum atomic E-state index is 0.319. The number of rotatable bonds is 1. The molecule has 0 aromatic carbocycles. The topological polar surface area (TPSA) is 20.2 Å². The third-order valence-corrected chi connectivity index (χ3v) is 2.24. The van der Waals surface area contributed by atoms with E-state index < -0.39 is 0 Å². The molecule has 9 heavy (non-hydrogen) atoms. The highest BCUT2D eigenvalue weighted by Gasteiger charge is 2.22. The lowest BCUT2D eigenvalue weighted by atomic mass is 10.1.